The minimum Gasteiger partial charge on any atom is -0.360 e. The third-order valence-electron chi connectivity index (χ3n) is 3.27. The first kappa shape index (κ1) is 15.9. The number of carbonyl (C=O) groups is 2. The summed E-state index contributed by atoms with van der Waals surface area (Å²) < 4.78 is 0. The van der Waals surface area contributed by atoms with E-state index < -0.39 is 11.7 Å². The molecule has 0 bridgehead atoms. The SMILES string of the molecule is O=C(Nc1cc(Cl)ccc1Cl)C(=O)c1c[nH]c2cc(Cl)ccc12. The molecule has 0 radical (unpaired) electrons. The van der Waals surface area contributed by atoms with E-state index in [1.165, 1.54) is 18.3 Å². The van der Waals surface area contributed by atoms with Crippen molar-refractivity contribution in [2.24, 2.45) is 0 Å². The summed E-state index contributed by atoms with van der Waals surface area (Å²) in [6.07, 6.45) is 1.47. The predicted molar refractivity (Wildman–Crippen MR) is 92.7 cm³/mol. The number of fused-ring (bicyclic) bond motifs is 1. The van der Waals surface area contributed by atoms with Gasteiger partial charge in [0, 0.05) is 27.1 Å². The molecule has 3 aromatic rings. The highest BCUT2D eigenvalue weighted by Gasteiger charge is 2.21. The number of benzene rings is 2. The van der Waals surface area contributed by atoms with Gasteiger partial charge in [-0.15, -0.1) is 0 Å². The van der Waals surface area contributed by atoms with Crippen LogP contribution in [0.4, 0.5) is 5.69 Å². The fourth-order valence-electron chi connectivity index (χ4n) is 2.18. The number of hydrogen-bond donors (Lipinski definition) is 2. The molecule has 4 nitrogen and oxygen atoms in total. The van der Waals surface area contributed by atoms with Gasteiger partial charge in [-0.25, -0.2) is 0 Å². The lowest BCUT2D eigenvalue weighted by Gasteiger charge is -2.06. The summed E-state index contributed by atoms with van der Waals surface area (Å²) in [6.45, 7) is 0. The third kappa shape index (κ3) is 3.20. The average Bonchev–Trinajstić information content (AvgIpc) is 2.93. The minimum atomic E-state index is -0.801. The Morgan fingerprint density at radius 3 is 2.43 bits per heavy atom. The number of halogens is 3. The van der Waals surface area contributed by atoms with Crippen LogP contribution in [0.25, 0.3) is 10.9 Å². The average molecular weight is 368 g/mol. The summed E-state index contributed by atoms with van der Waals surface area (Å²) >= 11 is 17.7. The van der Waals surface area contributed by atoms with Crippen molar-refractivity contribution in [2.45, 2.75) is 0 Å². The molecule has 0 atom stereocenters. The Bertz CT molecular complexity index is 934. The van der Waals surface area contributed by atoms with Gasteiger partial charge in [0.2, 0.25) is 0 Å². The maximum atomic E-state index is 12.4. The van der Waals surface area contributed by atoms with E-state index in [4.69, 9.17) is 34.8 Å². The zero-order chi connectivity index (χ0) is 16.6. The Hall–Kier alpha value is -2.01. The summed E-state index contributed by atoms with van der Waals surface area (Å²) in [5, 5.41) is 4.32. The largest absolute Gasteiger partial charge is 0.360 e. The van der Waals surface area contributed by atoms with E-state index in [2.05, 4.69) is 10.3 Å². The number of anilines is 1. The number of aromatic amines is 1. The van der Waals surface area contributed by atoms with E-state index in [1.54, 1.807) is 24.3 Å². The molecule has 1 amide bonds. The van der Waals surface area contributed by atoms with Gasteiger partial charge in [-0.1, -0.05) is 40.9 Å². The molecule has 0 aliphatic rings. The first-order valence-electron chi connectivity index (χ1n) is 6.53. The molecule has 0 fully saturated rings. The van der Waals surface area contributed by atoms with Crippen LogP contribution in [0.1, 0.15) is 10.4 Å². The van der Waals surface area contributed by atoms with Crippen LogP contribution in [-0.2, 0) is 4.79 Å². The molecule has 1 aromatic heterocycles. The molecule has 0 saturated heterocycles. The lowest BCUT2D eigenvalue weighted by molar-refractivity contribution is -0.112. The number of aromatic nitrogens is 1. The van der Waals surface area contributed by atoms with Gasteiger partial charge >= 0.3 is 0 Å². The quantitative estimate of drug-likeness (QED) is 0.508. The number of Topliss-reactive ketones (excluding diaryl/α,β-unsaturated/α-hetero) is 1. The van der Waals surface area contributed by atoms with Gasteiger partial charge in [0.1, 0.15) is 0 Å². The number of ketones is 1. The minimum absolute atomic E-state index is 0.257. The smallest absolute Gasteiger partial charge is 0.296 e. The van der Waals surface area contributed by atoms with Crippen LogP contribution >= 0.6 is 34.8 Å². The number of rotatable bonds is 3. The van der Waals surface area contributed by atoms with Crippen molar-refractivity contribution >= 4 is 63.1 Å². The van der Waals surface area contributed by atoms with Crippen molar-refractivity contribution in [3.63, 3.8) is 0 Å². The van der Waals surface area contributed by atoms with E-state index in [-0.39, 0.29) is 11.3 Å². The van der Waals surface area contributed by atoms with Crippen molar-refractivity contribution in [3.05, 3.63) is 63.2 Å². The second kappa shape index (κ2) is 6.24. The Morgan fingerprint density at radius 2 is 1.65 bits per heavy atom. The fourth-order valence-corrected chi connectivity index (χ4v) is 2.69. The maximum absolute atomic E-state index is 12.4. The highest BCUT2D eigenvalue weighted by molar-refractivity contribution is 6.49. The zero-order valence-electron chi connectivity index (χ0n) is 11.5. The van der Waals surface area contributed by atoms with Crippen molar-refractivity contribution in [1.82, 2.24) is 4.98 Å². The van der Waals surface area contributed by atoms with Crippen LogP contribution in [0.5, 0.6) is 0 Å². The number of amides is 1. The van der Waals surface area contributed by atoms with Crippen LogP contribution in [0.3, 0.4) is 0 Å². The molecule has 7 heteroatoms. The summed E-state index contributed by atoms with van der Waals surface area (Å²) in [5.41, 5.74) is 1.21. The van der Waals surface area contributed by atoms with Crippen molar-refractivity contribution in [1.29, 1.82) is 0 Å². The topological polar surface area (TPSA) is 62.0 Å². The van der Waals surface area contributed by atoms with E-state index in [1.807, 2.05) is 0 Å². The van der Waals surface area contributed by atoms with Gasteiger partial charge in [-0.05, 0) is 30.3 Å². The van der Waals surface area contributed by atoms with Crippen molar-refractivity contribution in [3.8, 4) is 0 Å². The van der Waals surface area contributed by atoms with Gasteiger partial charge < -0.3 is 10.3 Å². The Kier molecular flexibility index (Phi) is 4.31. The molecule has 0 unspecified atom stereocenters. The highest BCUT2D eigenvalue weighted by Crippen LogP contribution is 2.26. The van der Waals surface area contributed by atoms with Crippen LogP contribution in [0.15, 0.2) is 42.6 Å². The second-order valence-corrected chi connectivity index (χ2v) is 6.08. The molecule has 0 aliphatic carbocycles. The standard InChI is InChI=1S/C16H9Cl3N2O2/c17-8-1-3-10-11(7-20-13(10)5-8)15(22)16(23)21-14-6-9(18)2-4-12(14)19/h1-7,20H,(H,21,23). The monoisotopic (exact) mass is 366 g/mol. The van der Waals surface area contributed by atoms with Crippen molar-refractivity contribution in [2.75, 3.05) is 5.32 Å². The lowest BCUT2D eigenvalue weighted by atomic mass is 10.1. The lowest BCUT2D eigenvalue weighted by Crippen LogP contribution is -2.22. The summed E-state index contributed by atoms with van der Waals surface area (Å²) in [5.74, 6) is -1.49. The van der Waals surface area contributed by atoms with Gasteiger partial charge in [0.25, 0.3) is 11.7 Å². The molecular weight excluding hydrogens is 359 g/mol. The third-order valence-corrected chi connectivity index (χ3v) is 4.07. The summed E-state index contributed by atoms with van der Waals surface area (Å²) in [6, 6.07) is 9.62. The molecule has 0 aliphatic heterocycles. The summed E-state index contributed by atoms with van der Waals surface area (Å²) in [7, 11) is 0. The molecule has 2 N–H and O–H groups in total. The molecular formula is C16H9Cl3N2O2. The maximum Gasteiger partial charge on any atom is 0.296 e. The molecule has 116 valence electrons. The van der Waals surface area contributed by atoms with Crippen LogP contribution in [0, 0.1) is 0 Å². The number of H-pyrrole nitrogens is 1. The van der Waals surface area contributed by atoms with Gasteiger partial charge in [0.15, 0.2) is 0 Å². The summed E-state index contributed by atoms with van der Waals surface area (Å²) in [4.78, 5) is 27.5. The molecule has 23 heavy (non-hydrogen) atoms. The van der Waals surface area contributed by atoms with Crippen LogP contribution in [0.2, 0.25) is 15.1 Å². The first-order chi connectivity index (χ1) is 11.0. The molecule has 0 spiro atoms. The number of hydrogen-bond acceptors (Lipinski definition) is 2. The Balaban J connectivity index is 1.89. The van der Waals surface area contributed by atoms with E-state index in [0.717, 1.165) is 0 Å². The van der Waals surface area contributed by atoms with E-state index >= 15 is 0 Å². The number of nitrogens with one attached hydrogen (secondary N) is 2. The molecule has 2 aromatic carbocycles. The fraction of sp³-hybridized carbons (Fsp3) is 0. The first-order valence-corrected chi connectivity index (χ1v) is 7.66. The molecule has 1 heterocycles. The van der Waals surface area contributed by atoms with Crippen molar-refractivity contribution < 1.29 is 9.59 Å². The predicted octanol–water partition coefficient (Wildman–Crippen LogP) is 4.95. The van der Waals surface area contributed by atoms with E-state index in [9.17, 15) is 9.59 Å². The van der Waals surface area contributed by atoms with Crippen LogP contribution in [-0.4, -0.2) is 16.7 Å². The highest BCUT2D eigenvalue weighted by atomic mass is 35.5. The normalized spacial score (nSPS) is 10.7. The van der Waals surface area contributed by atoms with Gasteiger partial charge in [-0.2, -0.15) is 0 Å². The molecule has 0 saturated carbocycles. The zero-order valence-corrected chi connectivity index (χ0v) is 13.8. The van der Waals surface area contributed by atoms with Gasteiger partial charge in [0.05, 0.1) is 16.3 Å². The molecule has 3 rings (SSSR count). The Morgan fingerprint density at radius 1 is 0.957 bits per heavy atom. The van der Waals surface area contributed by atoms with Crippen LogP contribution < -0.4 is 5.32 Å². The van der Waals surface area contributed by atoms with Gasteiger partial charge in [-0.3, -0.25) is 9.59 Å². The number of carbonyl (C=O) groups excluding carboxylic acids is 2. The van der Waals surface area contributed by atoms with E-state index in [0.29, 0.717) is 26.0 Å². The second-order valence-electron chi connectivity index (χ2n) is 4.80. The Labute approximate surface area is 146 Å².